The van der Waals surface area contributed by atoms with Crippen LogP contribution < -0.4 is 10.6 Å². The van der Waals surface area contributed by atoms with Crippen molar-refractivity contribution in [1.82, 2.24) is 15.3 Å². The van der Waals surface area contributed by atoms with Crippen LogP contribution in [-0.4, -0.2) is 33.6 Å². The fourth-order valence-electron chi connectivity index (χ4n) is 2.62. The minimum Gasteiger partial charge on any atom is -0.394 e. The highest BCUT2D eigenvalue weighted by Gasteiger charge is 2.11. The summed E-state index contributed by atoms with van der Waals surface area (Å²) in [6.07, 6.45) is 2.26. The second-order valence-electron chi connectivity index (χ2n) is 6.11. The van der Waals surface area contributed by atoms with Crippen LogP contribution in [0.3, 0.4) is 0 Å². The molecule has 2 aromatic heterocycles. The molecule has 0 radical (unpaired) electrons. The zero-order valence-electron chi connectivity index (χ0n) is 14.8. The lowest BCUT2D eigenvalue weighted by molar-refractivity contribution is 0.0915. The summed E-state index contributed by atoms with van der Waals surface area (Å²) in [4.78, 5) is 23.0. The van der Waals surface area contributed by atoms with E-state index in [1.807, 2.05) is 19.1 Å². The van der Waals surface area contributed by atoms with E-state index in [1.54, 1.807) is 29.8 Å². The number of carbonyl (C=O) groups is 1. The third kappa shape index (κ3) is 4.17. The highest BCUT2D eigenvalue weighted by atomic mass is 32.1. The molecule has 0 bridgehead atoms. The fraction of sp³-hybridized carbons (Fsp3) is 0.316. The first-order chi connectivity index (χ1) is 12.6. The van der Waals surface area contributed by atoms with Gasteiger partial charge in [-0.2, -0.15) is 0 Å². The van der Waals surface area contributed by atoms with Crippen molar-refractivity contribution in [2.24, 2.45) is 0 Å². The fourth-order valence-corrected chi connectivity index (χ4v) is 3.47. The molecule has 1 atom stereocenters. The van der Waals surface area contributed by atoms with Gasteiger partial charge in [-0.15, -0.1) is 11.3 Å². The topological polar surface area (TPSA) is 87.1 Å². The molecule has 3 rings (SSSR count). The number of nitrogens with one attached hydrogen (secondary N) is 2. The molecule has 0 saturated carbocycles. The summed E-state index contributed by atoms with van der Waals surface area (Å²) in [5, 5.41) is 16.4. The zero-order chi connectivity index (χ0) is 18.5. The predicted octanol–water partition coefficient (Wildman–Crippen LogP) is 3.11. The Morgan fingerprint density at radius 1 is 1.27 bits per heavy atom. The molecule has 2 heterocycles. The van der Waals surface area contributed by atoms with E-state index in [0.29, 0.717) is 18.5 Å². The molecule has 0 aliphatic carbocycles. The Morgan fingerprint density at radius 2 is 2.04 bits per heavy atom. The molecule has 0 fully saturated rings. The van der Waals surface area contributed by atoms with Gasteiger partial charge in [0.15, 0.2) is 0 Å². The normalized spacial score (nSPS) is 12.1. The zero-order valence-corrected chi connectivity index (χ0v) is 15.6. The number of thiophene rings is 1. The van der Waals surface area contributed by atoms with Crippen LogP contribution in [0.25, 0.3) is 10.2 Å². The first-order valence-corrected chi connectivity index (χ1v) is 9.38. The number of carbonyl (C=O) groups excluding carboxylic acids is 1. The van der Waals surface area contributed by atoms with Gasteiger partial charge in [0, 0.05) is 17.0 Å². The van der Waals surface area contributed by atoms with Crippen LogP contribution in [0.5, 0.6) is 0 Å². The Bertz CT molecular complexity index is 888. The van der Waals surface area contributed by atoms with Gasteiger partial charge < -0.3 is 15.7 Å². The Hall–Kier alpha value is -2.51. The number of hydrogen-bond acceptors (Lipinski definition) is 6. The molecule has 0 saturated heterocycles. The van der Waals surface area contributed by atoms with E-state index >= 15 is 0 Å². The van der Waals surface area contributed by atoms with Crippen molar-refractivity contribution in [2.75, 3.05) is 11.9 Å². The number of aryl methyl sites for hydroxylation is 1. The van der Waals surface area contributed by atoms with Crippen molar-refractivity contribution in [3.63, 3.8) is 0 Å². The van der Waals surface area contributed by atoms with E-state index in [-0.39, 0.29) is 18.6 Å². The number of aromatic nitrogens is 2. The lowest BCUT2D eigenvalue weighted by Gasteiger charge is -2.14. The van der Waals surface area contributed by atoms with Gasteiger partial charge in [-0.25, -0.2) is 9.97 Å². The summed E-state index contributed by atoms with van der Waals surface area (Å²) in [5.74, 6) is 0.645. The maximum Gasteiger partial charge on any atom is 0.251 e. The van der Waals surface area contributed by atoms with Gasteiger partial charge in [-0.05, 0) is 37.1 Å². The molecule has 1 amide bonds. The van der Waals surface area contributed by atoms with Crippen molar-refractivity contribution >= 4 is 33.3 Å². The Morgan fingerprint density at radius 3 is 2.73 bits per heavy atom. The van der Waals surface area contributed by atoms with Crippen molar-refractivity contribution in [3.8, 4) is 0 Å². The highest BCUT2D eigenvalue weighted by Crippen LogP contribution is 2.27. The summed E-state index contributed by atoms with van der Waals surface area (Å²) in [6.45, 7) is 4.53. The number of amides is 1. The molecular formula is C19H22N4O2S. The molecule has 3 aromatic rings. The molecule has 6 nitrogen and oxygen atoms in total. The molecule has 0 aliphatic heterocycles. The van der Waals surface area contributed by atoms with Crippen LogP contribution in [0.4, 0.5) is 5.82 Å². The highest BCUT2D eigenvalue weighted by molar-refractivity contribution is 7.18. The lowest BCUT2D eigenvalue weighted by Crippen LogP contribution is -2.36. The standard InChI is InChI=1S/C19H22N4O2S/c1-3-15(10-24)23-18(25)14-6-4-13(5-7-14)9-20-17-16-8-12(2)26-19(16)22-11-21-17/h4-8,11,15,24H,3,9-10H2,1-2H3,(H,23,25)(H,20,21,22). The minimum atomic E-state index is -0.210. The SMILES string of the molecule is CCC(CO)NC(=O)c1ccc(CNc2ncnc3sc(C)cc23)cc1. The average Bonchev–Trinajstić information content (AvgIpc) is 3.05. The number of hydrogen-bond donors (Lipinski definition) is 3. The molecule has 3 N–H and O–H groups in total. The summed E-state index contributed by atoms with van der Waals surface area (Å²) in [6, 6.07) is 9.29. The van der Waals surface area contributed by atoms with Gasteiger partial charge in [-0.1, -0.05) is 19.1 Å². The largest absolute Gasteiger partial charge is 0.394 e. The van der Waals surface area contributed by atoms with Crippen molar-refractivity contribution in [2.45, 2.75) is 32.9 Å². The van der Waals surface area contributed by atoms with E-state index in [2.05, 4.69) is 33.6 Å². The number of rotatable bonds is 7. The average molecular weight is 370 g/mol. The summed E-state index contributed by atoms with van der Waals surface area (Å²) >= 11 is 1.65. The first-order valence-electron chi connectivity index (χ1n) is 8.56. The second kappa shape index (κ2) is 8.25. The van der Waals surface area contributed by atoms with Crippen molar-refractivity contribution < 1.29 is 9.90 Å². The van der Waals surface area contributed by atoms with E-state index in [0.717, 1.165) is 21.6 Å². The third-order valence-corrected chi connectivity index (χ3v) is 5.14. The summed E-state index contributed by atoms with van der Waals surface area (Å²) in [5.41, 5.74) is 1.63. The molecule has 1 unspecified atom stereocenters. The Balaban J connectivity index is 1.65. The van der Waals surface area contributed by atoms with E-state index in [4.69, 9.17) is 0 Å². The number of fused-ring (bicyclic) bond motifs is 1. The smallest absolute Gasteiger partial charge is 0.251 e. The van der Waals surface area contributed by atoms with Crippen LogP contribution in [0.1, 0.15) is 34.1 Å². The number of benzene rings is 1. The third-order valence-electron chi connectivity index (χ3n) is 4.18. The number of nitrogens with zero attached hydrogens (tertiary/aromatic N) is 2. The van der Waals surface area contributed by atoms with Gasteiger partial charge in [0.25, 0.3) is 5.91 Å². The minimum absolute atomic E-state index is 0.0558. The Kier molecular flexibility index (Phi) is 5.80. The van der Waals surface area contributed by atoms with Crippen molar-refractivity contribution in [1.29, 1.82) is 0 Å². The number of aliphatic hydroxyl groups is 1. The van der Waals surface area contributed by atoms with Gasteiger partial charge in [0.1, 0.15) is 17.0 Å². The van der Waals surface area contributed by atoms with E-state index in [1.165, 1.54) is 4.88 Å². The van der Waals surface area contributed by atoms with Gasteiger partial charge >= 0.3 is 0 Å². The van der Waals surface area contributed by atoms with Crippen LogP contribution in [0.15, 0.2) is 36.7 Å². The first kappa shape index (κ1) is 18.3. The quantitative estimate of drug-likeness (QED) is 0.595. The van der Waals surface area contributed by atoms with Gasteiger partial charge in [-0.3, -0.25) is 4.79 Å². The molecule has 26 heavy (non-hydrogen) atoms. The molecular weight excluding hydrogens is 348 g/mol. The number of aliphatic hydroxyl groups excluding tert-OH is 1. The summed E-state index contributed by atoms with van der Waals surface area (Å²) < 4.78 is 0. The number of anilines is 1. The molecule has 1 aromatic carbocycles. The maximum absolute atomic E-state index is 12.2. The van der Waals surface area contributed by atoms with Gasteiger partial charge in [0.2, 0.25) is 0 Å². The van der Waals surface area contributed by atoms with Crippen LogP contribution in [0.2, 0.25) is 0 Å². The summed E-state index contributed by atoms with van der Waals surface area (Å²) in [7, 11) is 0. The predicted molar refractivity (Wildman–Crippen MR) is 105 cm³/mol. The molecule has 136 valence electrons. The monoisotopic (exact) mass is 370 g/mol. The molecule has 0 aliphatic rings. The lowest BCUT2D eigenvalue weighted by atomic mass is 10.1. The van der Waals surface area contributed by atoms with Crippen LogP contribution in [0, 0.1) is 6.92 Å². The van der Waals surface area contributed by atoms with Crippen LogP contribution in [-0.2, 0) is 6.54 Å². The molecule has 7 heteroatoms. The van der Waals surface area contributed by atoms with Crippen molar-refractivity contribution in [3.05, 3.63) is 52.7 Å². The molecule has 0 spiro atoms. The van der Waals surface area contributed by atoms with E-state index < -0.39 is 0 Å². The van der Waals surface area contributed by atoms with Crippen LogP contribution >= 0.6 is 11.3 Å². The second-order valence-corrected chi connectivity index (χ2v) is 7.34. The maximum atomic E-state index is 12.2. The van der Waals surface area contributed by atoms with Gasteiger partial charge in [0.05, 0.1) is 18.0 Å². The Labute approximate surface area is 156 Å². The van der Waals surface area contributed by atoms with E-state index in [9.17, 15) is 9.90 Å².